The number of allylic oxidation sites excluding steroid dienone is 2. The molecule has 1 nitrogen and oxygen atoms in total. The number of halogens is 4. The monoisotopic (exact) mass is 238 g/mol. The molecule has 0 unspecified atom stereocenters. The van der Waals surface area contributed by atoms with Gasteiger partial charge in [-0.3, -0.25) is 0 Å². The molecule has 1 heterocycles. The van der Waals surface area contributed by atoms with Crippen LogP contribution < -0.4 is 0 Å². The fourth-order valence-corrected chi connectivity index (χ4v) is 1.32. The van der Waals surface area contributed by atoms with Crippen LogP contribution in [-0.4, -0.2) is 25.7 Å². The first-order valence-corrected chi connectivity index (χ1v) is 5.26. The van der Waals surface area contributed by atoms with E-state index in [9.17, 15) is 17.3 Å². The van der Waals surface area contributed by atoms with Gasteiger partial charge in [-0.05, 0) is 25.1 Å². The molecule has 0 N–H and O–H groups in total. The first kappa shape index (κ1) is 15.1. The zero-order chi connectivity index (χ0) is 12.6. The van der Waals surface area contributed by atoms with Gasteiger partial charge < -0.3 is 22.2 Å². The van der Waals surface area contributed by atoms with Crippen LogP contribution in [0.3, 0.4) is 0 Å². The Morgan fingerprint density at radius 2 is 1.88 bits per heavy atom. The van der Waals surface area contributed by atoms with Crippen molar-refractivity contribution in [1.29, 1.82) is 0 Å². The van der Waals surface area contributed by atoms with E-state index in [1.54, 1.807) is 5.57 Å². The molecule has 0 aromatic rings. The summed E-state index contributed by atoms with van der Waals surface area (Å²) in [4.78, 5) is 2.23. The van der Waals surface area contributed by atoms with Gasteiger partial charge >= 0.3 is 7.25 Å². The van der Waals surface area contributed by atoms with Crippen molar-refractivity contribution in [3.63, 3.8) is 0 Å². The fraction of sp³-hybridized carbons (Fsp3) is 0.600. The Balaban J connectivity index is 0.000000385. The predicted molar refractivity (Wildman–Crippen MR) is 59.6 cm³/mol. The van der Waals surface area contributed by atoms with Gasteiger partial charge in [0.15, 0.2) is 0 Å². The topological polar surface area (TPSA) is 3.24 Å². The Hall–Kier alpha value is -0.935. The SMILES string of the molecule is CCCCC1=CC=CN(C)C1.F[B-](F)(F)F. The lowest BCUT2D eigenvalue weighted by atomic mass is 10.1. The van der Waals surface area contributed by atoms with Crippen LogP contribution in [0.15, 0.2) is 23.9 Å². The quantitative estimate of drug-likeness (QED) is 0.533. The van der Waals surface area contributed by atoms with E-state index in [1.165, 1.54) is 19.3 Å². The molecule has 6 heteroatoms. The lowest BCUT2D eigenvalue weighted by Crippen LogP contribution is -2.16. The normalized spacial score (nSPS) is 15.4. The van der Waals surface area contributed by atoms with Crippen LogP contribution in [0.2, 0.25) is 0 Å². The second kappa shape index (κ2) is 7.36. The van der Waals surface area contributed by atoms with Crippen molar-refractivity contribution in [3.05, 3.63) is 23.9 Å². The van der Waals surface area contributed by atoms with Crippen LogP contribution in [0.1, 0.15) is 26.2 Å². The molecule has 16 heavy (non-hydrogen) atoms. The molecule has 0 fully saturated rings. The second-order valence-electron chi connectivity index (χ2n) is 3.68. The zero-order valence-electron chi connectivity index (χ0n) is 9.60. The maximum atomic E-state index is 9.75. The molecule has 0 spiro atoms. The van der Waals surface area contributed by atoms with E-state index in [1.807, 2.05) is 0 Å². The summed E-state index contributed by atoms with van der Waals surface area (Å²) >= 11 is 0. The minimum atomic E-state index is -6.00. The highest BCUT2D eigenvalue weighted by atomic mass is 19.5. The minimum absolute atomic E-state index is 1.12. The van der Waals surface area contributed by atoms with Gasteiger partial charge in [-0.25, -0.2) is 0 Å². The molecule has 0 saturated carbocycles. The number of hydrogen-bond donors (Lipinski definition) is 0. The maximum absolute atomic E-state index is 9.75. The molecule has 94 valence electrons. The highest BCUT2D eigenvalue weighted by molar-refractivity contribution is 6.50. The summed E-state index contributed by atoms with van der Waals surface area (Å²) in [6.07, 6.45) is 10.4. The molecule has 0 aromatic carbocycles. The van der Waals surface area contributed by atoms with Crippen LogP contribution >= 0.6 is 0 Å². The van der Waals surface area contributed by atoms with E-state index in [-0.39, 0.29) is 0 Å². The molecule has 1 aliphatic rings. The van der Waals surface area contributed by atoms with Gasteiger partial charge in [0.1, 0.15) is 0 Å². The number of likely N-dealkylation sites (N-methyl/N-ethyl adjacent to an activating group) is 1. The average Bonchev–Trinajstić information content (AvgIpc) is 2.12. The third kappa shape index (κ3) is 11.1. The molecule has 0 amide bonds. The highest BCUT2D eigenvalue weighted by Crippen LogP contribution is 2.12. The molecule has 1 aliphatic heterocycles. The van der Waals surface area contributed by atoms with Crippen molar-refractivity contribution in [2.45, 2.75) is 26.2 Å². The van der Waals surface area contributed by atoms with Crippen LogP contribution in [0.4, 0.5) is 17.3 Å². The lowest BCUT2D eigenvalue weighted by Gasteiger charge is -2.19. The smallest absolute Gasteiger partial charge is 0.418 e. The Kier molecular flexibility index (Phi) is 6.93. The fourth-order valence-electron chi connectivity index (χ4n) is 1.32. The minimum Gasteiger partial charge on any atom is -0.418 e. The molecule has 0 bridgehead atoms. The predicted octanol–water partition coefficient (Wildman–Crippen LogP) is 3.86. The van der Waals surface area contributed by atoms with Gasteiger partial charge in [-0.1, -0.05) is 25.0 Å². The highest BCUT2D eigenvalue weighted by Gasteiger charge is 2.20. The van der Waals surface area contributed by atoms with E-state index in [4.69, 9.17) is 0 Å². The Morgan fingerprint density at radius 3 is 2.31 bits per heavy atom. The van der Waals surface area contributed by atoms with Gasteiger partial charge in [0.2, 0.25) is 0 Å². The van der Waals surface area contributed by atoms with E-state index < -0.39 is 7.25 Å². The van der Waals surface area contributed by atoms with E-state index in [2.05, 4.69) is 37.2 Å². The molecule has 0 aliphatic carbocycles. The Labute approximate surface area is 93.9 Å². The van der Waals surface area contributed by atoms with Crippen molar-refractivity contribution in [2.75, 3.05) is 13.6 Å². The summed E-state index contributed by atoms with van der Waals surface area (Å²) in [5.41, 5.74) is 1.57. The maximum Gasteiger partial charge on any atom is 0.673 e. The first-order valence-electron chi connectivity index (χ1n) is 5.26. The summed E-state index contributed by atoms with van der Waals surface area (Å²) in [6, 6.07) is 0. The average molecular weight is 238 g/mol. The van der Waals surface area contributed by atoms with Gasteiger partial charge in [0.05, 0.1) is 0 Å². The van der Waals surface area contributed by atoms with E-state index >= 15 is 0 Å². The summed E-state index contributed by atoms with van der Waals surface area (Å²) in [6.45, 7) is 3.36. The van der Waals surface area contributed by atoms with Crippen molar-refractivity contribution in [3.8, 4) is 0 Å². The van der Waals surface area contributed by atoms with E-state index in [0.717, 1.165) is 6.54 Å². The molecule has 0 radical (unpaired) electrons. The van der Waals surface area contributed by atoms with Crippen LogP contribution in [0.5, 0.6) is 0 Å². The molecule has 0 atom stereocenters. The summed E-state index contributed by atoms with van der Waals surface area (Å²) in [5.74, 6) is 0. The zero-order valence-corrected chi connectivity index (χ0v) is 9.60. The van der Waals surface area contributed by atoms with Gasteiger partial charge in [-0.15, -0.1) is 0 Å². The third-order valence-corrected chi connectivity index (χ3v) is 1.98. The van der Waals surface area contributed by atoms with E-state index in [0.29, 0.717) is 0 Å². The number of unbranched alkanes of at least 4 members (excludes halogenated alkanes) is 1. The summed E-state index contributed by atoms with van der Waals surface area (Å²) in [5, 5.41) is 0. The molecule has 1 rings (SSSR count). The molecule has 0 aromatic heterocycles. The largest absolute Gasteiger partial charge is 0.673 e. The summed E-state index contributed by atoms with van der Waals surface area (Å²) < 4.78 is 39.0. The number of rotatable bonds is 3. The van der Waals surface area contributed by atoms with Crippen molar-refractivity contribution in [2.24, 2.45) is 0 Å². The second-order valence-corrected chi connectivity index (χ2v) is 3.68. The van der Waals surface area contributed by atoms with Gasteiger partial charge in [-0.2, -0.15) is 0 Å². The molecule has 0 saturated heterocycles. The summed E-state index contributed by atoms with van der Waals surface area (Å²) in [7, 11) is -3.88. The standard InChI is InChI=1S/C10H17N.BF4/c1-3-4-6-10-7-5-8-11(2)9-10;2-1(3,4)5/h5,7-8H,3-4,6,9H2,1-2H3;/q;-1. The van der Waals surface area contributed by atoms with Crippen LogP contribution in [-0.2, 0) is 0 Å². The van der Waals surface area contributed by atoms with Crippen molar-refractivity contribution in [1.82, 2.24) is 4.90 Å². The first-order chi connectivity index (χ1) is 7.33. The van der Waals surface area contributed by atoms with Crippen LogP contribution in [0.25, 0.3) is 0 Å². The number of hydrogen-bond acceptors (Lipinski definition) is 1. The Morgan fingerprint density at radius 1 is 1.31 bits per heavy atom. The number of nitrogens with zero attached hydrogens (tertiary/aromatic N) is 1. The van der Waals surface area contributed by atoms with Crippen LogP contribution in [0, 0.1) is 0 Å². The third-order valence-electron chi connectivity index (χ3n) is 1.98. The molecular weight excluding hydrogens is 221 g/mol. The lowest BCUT2D eigenvalue weighted by molar-refractivity contribution is 0.368. The van der Waals surface area contributed by atoms with Crippen molar-refractivity contribution >= 4 is 7.25 Å². The van der Waals surface area contributed by atoms with Gasteiger partial charge in [0.25, 0.3) is 0 Å². The van der Waals surface area contributed by atoms with Crippen molar-refractivity contribution < 1.29 is 17.3 Å². The Bertz CT molecular complexity index is 242. The molecular formula is C10H17BF4N-. The van der Waals surface area contributed by atoms with Gasteiger partial charge in [0, 0.05) is 13.6 Å².